The van der Waals surface area contributed by atoms with Gasteiger partial charge in [-0.15, -0.1) is 5.10 Å². The predicted molar refractivity (Wildman–Crippen MR) is 146 cm³/mol. The number of carbonyl (C=O) groups excluding carboxylic acids is 2. The minimum absolute atomic E-state index is 0.246. The number of piperazine rings is 1. The van der Waals surface area contributed by atoms with Gasteiger partial charge in [-0.05, 0) is 57.9 Å². The first-order valence-electron chi connectivity index (χ1n) is 13.4. The molecule has 2 N–H and O–H groups in total. The lowest BCUT2D eigenvalue weighted by molar-refractivity contribution is 0.0240. The molecule has 0 aromatic carbocycles. The molecule has 0 atom stereocenters. The largest absolute Gasteiger partial charge is 0.444 e. The summed E-state index contributed by atoms with van der Waals surface area (Å²) in [6, 6.07) is 9.79. The van der Waals surface area contributed by atoms with Crippen LogP contribution in [0.1, 0.15) is 63.2 Å². The number of hydrogen-bond donors (Lipinski definition) is 2. The summed E-state index contributed by atoms with van der Waals surface area (Å²) >= 11 is 0. The number of amides is 2. The number of fused-ring (bicyclic) bond motifs is 1. The number of ether oxygens (including phenoxy) is 1. The lowest BCUT2D eigenvalue weighted by Crippen LogP contribution is -2.50. The normalized spacial score (nSPS) is 16.9. The van der Waals surface area contributed by atoms with Crippen LogP contribution in [-0.4, -0.2) is 74.3 Å². The van der Waals surface area contributed by atoms with Gasteiger partial charge < -0.3 is 19.9 Å². The van der Waals surface area contributed by atoms with Crippen LogP contribution in [0, 0.1) is 0 Å². The molecule has 1 aliphatic carbocycles. The molecule has 38 heavy (non-hydrogen) atoms. The second-order valence-electron chi connectivity index (χ2n) is 10.9. The number of nitrogens with one attached hydrogen (secondary N) is 2. The quantitative estimate of drug-likeness (QED) is 0.515. The Morgan fingerprint density at radius 3 is 2.45 bits per heavy atom. The first-order valence-corrected chi connectivity index (χ1v) is 13.4. The lowest BCUT2D eigenvalue weighted by atomic mass is 9.95. The Balaban J connectivity index is 1.18. The highest BCUT2D eigenvalue weighted by atomic mass is 16.6. The summed E-state index contributed by atoms with van der Waals surface area (Å²) in [5, 5.41) is 10.9. The molecule has 2 fully saturated rings. The van der Waals surface area contributed by atoms with Gasteiger partial charge in [0.2, 0.25) is 5.95 Å². The average molecular weight is 521 g/mol. The minimum atomic E-state index is -0.515. The predicted octanol–water partition coefficient (Wildman–Crippen LogP) is 4.18. The van der Waals surface area contributed by atoms with E-state index in [0.29, 0.717) is 43.4 Å². The highest BCUT2D eigenvalue weighted by Crippen LogP contribution is 2.23. The molecular weight excluding hydrogens is 484 g/mol. The van der Waals surface area contributed by atoms with Crippen molar-refractivity contribution in [2.24, 2.45) is 0 Å². The van der Waals surface area contributed by atoms with E-state index in [9.17, 15) is 9.59 Å². The van der Waals surface area contributed by atoms with Crippen LogP contribution in [0.5, 0.6) is 0 Å². The summed E-state index contributed by atoms with van der Waals surface area (Å²) in [5.74, 6) is 1.56. The molecule has 3 aromatic rings. The Bertz CT molecular complexity index is 1270. The van der Waals surface area contributed by atoms with Gasteiger partial charge >= 0.3 is 6.09 Å². The molecule has 11 nitrogen and oxygen atoms in total. The molecule has 0 radical (unpaired) electrons. The van der Waals surface area contributed by atoms with Crippen LogP contribution < -0.4 is 15.5 Å². The van der Waals surface area contributed by atoms with Crippen molar-refractivity contribution in [3.63, 3.8) is 0 Å². The molecule has 202 valence electrons. The monoisotopic (exact) mass is 520 g/mol. The van der Waals surface area contributed by atoms with Crippen molar-refractivity contribution >= 4 is 35.2 Å². The lowest BCUT2D eigenvalue weighted by Gasteiger charge is -2.36. The topological polar surface area (TPSA) is 117 Å². The van der Waals surface area contributed by atoms with E-state index in [0.717, 1.165) is 24.5 Å². The molecular formula is C27H36N8O3. The van der Waals surface area contributed by atoms with Gasteiger partial charge in [0, 0.05) is 38.4 Å². The number of hydrogen-bond acceptors (Lipinski definition) is 8. The summed E-state index contributed by atoms with van der Waals surface area (Å²) in [6.07, 6.45) is 7.32. The zero-order chi connectivity index (χ0) is 26.7. The van der Waals surface area contributed by atoms with Crippen LogP contribution in [0.3, 0.4) is 0 Å². The highest BCUT2D eigenvalue weighted by molar-refractivity contribution is 6.03. The van der Waals surface area contributed by atoms with E-state index in [1.165, 1.54) is 19.3 Å². The van der Waals surface area contributed by atoms with Crippen molar-refractivity contribution in [3.05, 3.63) is 42.1 Å². The molecule has 1 saturated carbocycles. The fourth-order valence-corrected chi connectivity index (χ4v) is 4.85. The van der Waals surface area contributed by atoms with Gasteiger partial charge in [0.1, 0.15) is 17.2 Å². The van der Waals surface area contributed by atoms with Crippen LogP contribution in [0.25, 0.3) is 5.65 Å². The molecule has 4 heterocycles. The fraction of sp³-hybridized carbons (Fsp3) is 0.519. The highest BCUT2D eigenvalue weighted by Gasteiger charge is 2.26. The van der Waals surface area contributed by atoms with Crippen LogP contribution in [-0.2, 0) is 4.74 Å². The molecule has 1 saturated heterocycles. The maximum absolute atomic E-state index is 12.9. The minimum Gasteiger partial charge on any atom is -0.444 e. The second kappa shape index (κ2) is 10.8. The van der Waals surface area contributed by atoms with Crippen LogP contribution in [0.2, 0.25) is 0 Å². The molecule has 2 amide bonds. The molecule has 0 unspecified atom stereocenters. The molecule has 0 bridgehead atoms. The molecule has 2 aliphatic rings. The SMILES string of the molecule is CC(C)(C)OC(=O)N1CCN(c2ccc(C(=O)Nc3nc4cccc(NC5CCCCC5)n4n3)cn2)CC1. The van der Waals surface area contributed by atoms with Crippen LogP contribution in [0.15, 0.2) is 36.5 Å². The van der Waals surface area contributed by atoms with Gasteiger partial charge in [0.25, 0.3) is 5.91 Å². The number of rotatable bonds is 5. The number of carbonyl (C=O) groups is 2. The van der Waals surface area contributed by atoms with Crippen LogP contribution in [0.4, 0.5) is 22.4 Å². The van der Waals surface area contributed by atoms with Crippen molar-refractivity contribution in [2.75, 3.05) is 41.7 Å². The Hall–Kier alpha value is -3.89. The van der Waals surface area contributed by atoms with Crippen molar-refractivity contribution in [1.82, 2.24) is 24.5 Å². The van der Waals surface area contributed by atoms with Gasteiger partial charge in [-0.1, -0.05) is 25.3 Å². The summed E-state index contributed by atoms with van der Waals surface area (Å²) in [6.45, 7) is 7.97. The number of anilines is 3. The first-order chi connectivity index (χ1) is 18.2. The van der Waals surface area contributed by atoms with Crippen molar-refractivity contribution < 1.29 is 14.3 Å². The van der Waals surface area contributed by atoms with Gasteiger partial charge in [0.15, 0.2) is 5.65 Å². The Morgan fingerprint density at radius 1 is 1.00 bits per heavy atom. The van der Waals surface area contributed by atoms with Crippen molar-refractivity contribution in [3.8, 4) is 0 Å². The van der Waals surface area contributed by atoms with Gasteiger partial charge in [-0.2, -0.15) is 9.50 Å². The van der Waals surface area contributed by atoms with Gasteiger partial charge in [-0.3, -0.25) is 10.1 Å². The summed E-state index contributed by atoms with van der Waals surface area (Å²) in [7, 11) is 0. The van der Waals surface area contributed by atoms with Crippen molar-refractivity contribution in [1.29, 1.82) is 0 Å². The van der Waals surface area contributed by atoms with E-state index in [1.54, 1.807) is 21.7 Å². The van der Waals surface area contributed by atoms with E-state index in [1.807, 2.05) is 45.0 Å². The van der Waals surface area contributed by atoms with E-state index in [2.05, 4.69) is 30.6 Å². The third-order valence-electron chi connectivity index (χ3n) is 6.81. The first kappa shape index (κ1) is 25.7. The van der Waals surface area contributed by atoms with Crippen molar-refractivity contribution in [2.45, 2.75) is 64.5 Å². The van der Waals surface area contributed by atoms with E-state index < -0.39 is 5.60 Å². The van der Waals surface area contributed by atoms with Crippen LogP contribution >= 0.6 is 0 Å². The maximum Gasteiger partial charge on any atom is 0.410 e. The standard InChI is InChI=1S/C27H36N8O3/c1-27(2,3)38-26(37)34-16-14-33(15-17-34)21-13-12-19(18-28-21)24(36)31-25-30-23-11-7-10-22(35(23)32-25)29-20-8-5-4-6-9-20/h7,10-13,18,20,29H,4-6,8-9,14-17H2,1-3H3,(H,31,32,36). The Labute approximate surface area is 222 Å². The molecule has 11 heteroatoms. The third-order valence-corrected chi connectivity index (χ3v) is 6.81. The maximum atomic E-state index is 12.9. The van der Waals surface area contributed by atoms with Gasteiger partial charge in [0.05, 0.1) is 5.56 Å². The molecule has 5 rings (SSSR count). The summed E-state index contributed by atoms with van der Waals surface area (Å²) in [5.41, 5.74) is 0.569. The molecule has 1 aliphatic heterocycles. The zero-order valence-corrected chi connectivity index (χ0v) is 22.3. The Morgan fingerprint density at radius 2 is 1.76 bits per heavy atom. The fourth-order valence-electron chi connectivity index (χ4n) is 4.85. The van der Waals surface area contributed by atoms with E-state index >= 15 is 0 Å². The number of aromatic nitrogens is 4. The molecule has 3 aromatic heterocycles. The average Bonchev–Trinajstić information content (AvgIpc) is 3.32. The van der Waals surface area contributed by atoms with E-state index in [-0.39, 0.29) is 17.9 Å². The third kappa shape index (κ3) is 6.15. The van der Waals surface area contributed by atoms with E-state index in [4.69, 9.17) is 4.74 Å². The Kier molecular flexibility index (Phi) is 7.35. The number of nitrogens with zero attached hydrogens (tertiary/aromatic N) is 6. The summed E-state index contributed by atoms with van der Waals surface area (Å²) in [4.78, 5) is 38.0. The number of pyridine rings is 2. The van der Waals surface area contributed by atoms with Gasteiger partial charge in [-0.25, -0.2) is 9.78 Å². The second-order valence-corrected chi connectivity index (χ2v) is 10.9. The molecule has 0 spiro atoms. The zero-order valence-electron chi connectivity index (χ0n) is 22.3. The smallest absolute Gasteiger partial charge is 0.410 e. The summed E-state index contributed by atoms with van der Waals surface area (Å²) < 4.78 is 7.20.